The van der Waals surface area contributed by atoms with Gasteiger partial charge in [-0.05, 0) is 29.3 Å². The predicted molar refractivity (Wildman–Crippen MR) is 54.8 cm³/mol. The van der Waals surface area contributed by atoms with Crippen molar-refractivity contribution >= 4 is 17.2 Å². The number of hydrogen-bond acceptors (Lipinski definition) is 3. The smallest absolute Gasteiger partial charge is 0.350 e. The van der Waals surface area contributed by atoms with E-state index in [1.54, 1.807) is 16.8 Å². The van der Waals surface area contributed by atoms with Gasteiger partial charge in [-0.2, -0.15) is 24.5 Å². The van der Waals surface area contributed by atoms with E-state index in [1.807, 2.05) is 0 Å². The molecule has 1 rings (SSSR count). The molecule has 1 amide bonds. The van der Waals surface area contributed by atoms with Crippen molar-refractivity contribution in [1.82, 2.24) is 5.32 Å². The number of amides is 1. The standard InChI is InChI=1S/C9H11F3N2OS/c1-8(13,9(10,11)12)7(15)14-4-6-2-3-16-5-6/h2-3,5H,4,13H2,1H3,(H,14,15). The van der Waals surface area contributed by atoms with Gasteiger partial charge in [-0.25, -0.2) is 0 Å². The van der Waals surface area contributed by atoms with Crippen LogP contribution in [-0.4, -0.2) is 17.6 Å². The fourth-order valence-electron chi connectivity index (χ4n) is 0.888. The third-order valence-corrected chi connectivity index (χ3v) is 2.83. The maximum atomic E-state index is 12.4. The lowest BCUT2D eigenvalue weighted by atomic mass is 10.0. The zero-order valence-corrected chi connectivity index (χ0v) is 9.28. The molecule has 1 heterocycles. The first kappa shape index (κ1) is 13.0. The molecule has 0 saturated heterocycles. The topological polar surface area (TPSA) is 55.1 Å². The van der Waals surface area contributed by atoms with E-state index < -0.39 is 17.6 Å². The highest BCUT2D eigenvalue weighted by molar-refractivity contribution is 7.07. The van der Waals surface area contributed by atoms with Crippen LogP contribution in [0, 0.1) is 0 Å². The summed E-state index contributed by atoms with van der Waals surface area (Å²) in [6.07, 6.45) is -4.76. The lowest BCUT2D eigenvalue weighted by molar-refractivity contribution is -0.187. The lowest BCUT2D eigenvalue weighted by Crippen LogP contribution is -2.61. The molecule has 90 valence electrons. The molecule has 3 nitrogen and oxygen atoms in total. The third kappa shape index (κ3) is 2.73. The Labute approximate surface area is 94.4 Å². The van der Waals surface area contributed by atoms with E-state index in [2.05, 4.69) is 5.32 Å². The van der Waals surface area contributed by atoms with Gasteiger partial charge in [-0.15, -0.1) is 0 Å². The van der Waals surface area contributed by atoms with E-state index >= 15 is 0 Å². The Morgan fingerprint density at radius 3 is 2.62 bits per heavy atom. The minimum atomic E-state index is -4.76. The minimum Gasteiger partial charge on any atom is -0.350 e. The molecule has 0 radical (unpaired) electrons. The van der Waals surface area contributed by atoms with E-state index in [4.69, 9.17) is 5.73 Å². The SMILES string of the molecule is CC(N)(C(=O)NCc1ccsc1)C(F)(F)F. The summed E-state index contributed by atoms with van der Waals surface area (Å²) in [5.74, 6) is -1.23. The van der Waals surface area contributed by atoms with Gasteiger partial charge in [-0.1, -0.05) is 0 Å². The highest BCUT2D eigenvalue weighted by Crippen LogP contribution is 2.27. The molecule has 1 atom stereocenters. The summed E-state index contributed by atoms with van der Waals surface area (Å²) < 4.78 is 37.1. The van der Waals surface area contributed by atoms with Gasteiger partial charge in [0, 0.05) is 6.54 Å². The second kappa shape index (κ2) is 4.42. The monoisotopic (exact) mass is 252 g/mol. The van der Waals surface area contributed by atoms with Crippen LogP contribution in [0.4, 0.5) is 13.2 Å². The molecule has 1 unspecified atom stereocenters. The van der Waals surface area contributed by atoms with Gasteiger partial charge in [0.25, 0.3) is 0 Å². The molecule has 0 aliphatic carbocycles. The van der Waals surface area contributed by atoms with Crippen LogP contribution < -0.4 is 11.1 Å². The summed E-state index contributed by atoms with van der Waals surface area (Å²) in [5.41, 5.74) is 2.83. The fraction of sp³-hybridized carbons (Fsp3) is 0.444. The maximum absolute atomic E-state index is 12.4. The Morgan fingerprint density at radius 2 is 2.19 bits per heavy atom. The third-order valence-electron chi connectivity index (χ3n) is 2.09. The molecule has 3 N–H and O–H groups in total. The fourth-order valence-corrected chi connectivity index (χ4v) is 1.56. The van der Waals surface area contributed by atoms with Gasteiger partial charge in [0.15, 0.2) is 5.54 Å². The molecule has 0 aliphatic heterocycles. The van der Waals surface area contributed by atoms with E-state index in [0.717, 1.165) is 5.56 Å². The van der Waals surface area contributed by atoms with Crippen LogP contribution in [0.2, 0.25) is 0 Å². The van der Waals surface area contributed by atoms with Gasteiger partial charge in [0.1, 0.15) is 0 Å². The number of carbonyl (C=O) groups is 1. The molecule has 0 aromatic carbocycles. The Balaban J connectivity index is 2.59. The van der Waals surface area contributed by atoms with Crippen LogP contribution >= 0.6 is 11.3 Å². The molecule has 0 bridgehead atoms. The quantitative estimate of drug-likeness (QED) is 0.859. The van der Waals surface area contributed by atoms with Gasteiger partial charge < -0.3 is 11.1 Å². The molecule has 7 heteroatoms. The molecule has 0 aliphatic rings. The molecular weight excluding hydrogens is 241 g/mol. The lowest BCUT2D eigenvalue weighted by Gasteiger charge is -2.26. The summed E-state index contributed by atoms with van der Waals surface area (Å²) in [7, 11) is 0. The average molecular weight is 252 g/mol. The van der Waals surface area contributed by atoms with Crippen molar-refractivity contribution in [2.45, 2.75) is 25.2 Å². The summed E-state index contributed by atoms with van der Waals surface area (Å²) in [6.45, 7) is 0.696. The van der Waals surface area contributed by atoms with Crippen molar-refractivity contribution in [1.29, 1.82) is 0 Å². The van der Waals surface area contributed by atoms with E-state index in [1.165, 1.54) is 11.3 Å². The van der Waals surface area contributed by atoms with Crippen LogP contribution in [-0.2, 0) is 11.3 Å². The highest BCUT2D eigenvalue weighted by atomic mass is 32.1. The van der Waals surface area contributed by atoms with Gasteiger partial charge in [-0.3, -0.25) is 4.79 Å². The first-order chi connectivity index (χ1) is 7.25. The van der Waals surface area contributed by atoms with Crippen molar-refractivity contribution in [2.75, 3.05) is 0 Å². The van der Waals surface area contributed by atoms with Crippen molar-refractivity contribution in [3.05, 3.63) is 22.4 Å². The molecule has 16 heavy (non-hydrogen) atoms. The number of thiophene rings is 1. The Morgan fingerprint density at radius 1 is 1.56 bits per heavy atom. The Hall–Kier alpha value is -1.08. The van der Waals surface area contributed by atoms with Crippen molar-refractivity contribution in [2.24, 2.45) is 5.73 Å². The first-order valence-corrected chi connectivity index (χ1v) is 5.34. The van der Waals surface area contributed by atoms with E-state index in [9.17, 15) is 18.0 Å². The zero-order valence-electron chi connectivity index (χ0n) is 8.47. The van der Waals surface area contributed by atoms with Crippen molar-refractivity contribution < 1.29 is 18.0 Å². The minimum absolute atomic E-state index is 0.0468. The summed E-state index contributed by atoms with van der Waals surface area (Å²) in [6, 6.07) is 1.71. The number of alkyl halides is 3. The summed E-state index contributed by atoms with van der Waals surface area (Å²) >= 11 is 1.40. The molecule has 0 fully saturated rings. The number of nitrogens with one attached hydrogen (secondary N) is 1. The first-order valence-electron chi connectivity index (χ1n) is 4.40. The number of rotatable bonds is 3. The van der Waals surface area contributed by atoms with Gasteiger partial charge >= 0.3 is 6.18 Å². The van der Waals surface area contributed by atoms with Crippen LogP contribution in [0.3, 0.4) is 0 Å². The summed E-state index contributed by atoms with van der Waals surface area (Å²) in [5, 5.41) is 5.66. The average Bonchev–Trinajstić information content (AvgIpc) is 2.64. The normalized spacial score (nSPS) is 15.6. The van der Waals surface area contributed by atoms with Crippen LogP contribution in [0.25, 0.3) is 0 Å². The Kier molecular flexibility index (Phi) is 3.59. The highest BCUT2D eigenvalue weighted by Gasteiger charge is 2.53. The van der Waals surface area contributed by atoms with Gasteiger partial charge in [0.2, 0.25) is 5.91 Å². The summed E-state index contributed by atoms with van der Waals surface area (Å²) in [4.78, 5) is 11.3. The predicted octanol–water partition coefficient (Wildman–Crippen LogP) is 1.64. The van der Waals surface area contributed by atoms with Gasteiger partial charge in [0.05, 0.1) is 0 Å². The number of halogens is 3. The van der Waals surface area contributed by atoms with Crippen molar-refractivity contribution in [3.8, 4) is 0 Å². The second-order valence-corrected chi connectivity index (χ2v) is 4.29. The van der Waals surface area contributed by atoms with E-state index in [0.29, 0.717) is 6.92 Å². The molecule has 1 aromatic rings. The molecule has 0 spiro atoms. The van der Waals surface area contributed by atoms with Crippen LogP contribution in [0.15, 0.2) is 16.8 Å². The molecule has 0 saturated carbocycles. The number of hydrogen-bond donors (Lipinski definition) is 2. The zero-order chi connectivity index (χ0) is 12.4. The second-order valence-electron chi connectivity index (χ2n) is 3.51. The maximum Gasteiger partial charge on any atom is 0.415 e. The number of carbonyl (C=O) groups excluding carboxylic acids is 1. The van der Waals surface area contributed by atoms with Crippen LogP contribution in [0.5, 0.6) is 0 Å². The van der Waals surface area contributed by atoms with Crippen molar-refractivity contribution in [3.63, 3.8) is 0 Å². The largest absolute Gasteiger partial charge is 0.415 e. The Bertz CT molecular complexity index is 359. The molecule has 1 aromatic heterocycles. The molecular formula is C9H11F3N2OS. The van der Waals surface area contributed by atoms with Crippen LogP contribution in [0.1, 0.15) is 12.5 Å². The van der Waals surface area contributed by atoms with E-state index in [-0.39, 0.29) is 6.54 Å². The number of nitrogens with two attached hydrogens (primary N) is 1.